The Kier molecular flexibility index (Phi) is 12.9. The highest BCUT2D eigenvalue weighted by Gasteiger charge is 2.31. The number of hydrogen-bond acceptors (Lipinski definition) is 6. The Morgan fingerprint density at radius 3 is 2.45 bits per heavy atom. The largest absolute Gasteiger partial charge is 0.490 e. The molecule has 0 radical (unpaired) electrons. The van der Waals surface area contributed by atoms with Gasteiger partial charge in [-0.15, -0.1) is 0 Å². The number of ether oxygens (including phenoxy) is 2. The molecular formula is C40H49N5O6. The predicted octanol–water partition coefficient (Wildman–Crippen LogP) is 7.44. The van der Waals surface area contributed by atoms with Gasteiger partial charge in [-0.05, 0) is 74.9 Å². The molecule has 5 rings (SSSR count). The number of nitrogens with one attached hydrogen (secondary N) is 3. The number of rotatable bonds is 7. The Balaban J connectivity index is 1.38. The highest BCUT2D eigenvalue weighted by molar-refractivity contribution is 6.07. The van der Waals surface area contributed by atoms with Crippen molar-refractivity contribution in [1.29, 1.82) is 0 Å². The lowest BCUT2D eigenvalue weighted by molar-refractivity contribution is -0.0115. The lowest BCUT2D eigenvalue weighted by Crippen LogP contribution is -2.48. The molecular weight excluding hydrogens is 646 g/mol. The molecule has 1 heterocycles. The number of aliphatic hydroxyl groups excluding tert-OH is 1. The molecule has 0 fully saturated rings. The van der Waals surface area contributed by atoms with Crippen molar-refractivity contribution in [2.24, 2.45) is 5.92 Å². The van der Waals surface area contributed by atoms with Crippen molar-refractivity contribution >= 4 is 45.8 Å². The Hall–Kier alpha value is -5.13. The highest BCUT2D eigenvalue weighted by Crippen LogP contribution is 2.29. The van der Waals surface area contributed by atoms with Crippen LogP contribution in [0, 0.1) is 5.92 Å². The molecule has 4 aromatic carbocycles. The maximum absolute atomic E-state index is 14.5. The molecule has 0 aromatic heterocycles. The quantitative estimate of drug-likeness (QED) is 0.159. The third-order valence-electron chi connectivity index (χ3n) is 9.17. The molecule has 11 heteroatoms. The van der Waals surface area contributed by atoms with E-state index in [0.717, 1.165) is 30.0 Å². The molecule has 4 atom stereocenters. The van der Waals surface area contributed by atoms with Crippen molar-refractivity contribution in [3.05, 3.63) is 96.6 Å². The van der Waals surface area contributed by atoms with E-state index < -0.39 is 12.1 Å². The summed E-state index contributed by atoms with van der Waals surface area (Å²) in [6.07, 6.45) is 1.80. The SMILES string of the molecule is C[C@@H]1CCCCO[C@H](CN(C)C(=O)Nc2ccccc2)[C@H](C)CN([C@@H](C)CO)C(=O)c2cc(NC(=O)Nc3cccc4ccccc34)ccc2O1. The summed E-state index contributed by atoms with van der Waals surface area (Å²) in [6.45, 7) is 6.50. The number of likely N-dealkylation sites (N-methyl/N-ethyl adjacent to an activating group) is 1. The molecule has 11 nitrogen and oxygen atoms in total. The van der Waals surface area contributed by atoms with Crippen molar-refractivity contribution in [3.8, 4) is 5.75 Å². The Bertz CT molecular complexity index is 1780. The number of carbonyl (C=O) groups is 3. The molecule has 0 aliphatic carbocycles. The van der Waals surface area contributed by atoms with E-state index in [0.29, 0.717) is 36.0 Å². The minimum absolute atomic E-state index is 0.195. The van der Waals surface area contributed by atoms with E-state index in [4.69, 9.17) is 9.47 Å². The fourth-order valence-corrected chi connectivity index (χ4v) is 6.18. The minimum Gasteiger partial charge on any atom is -0.490 e. The van der Waals surface area contributed by atoms with Gasteiger partial charge in [0, 0.05) is 49.4 Å². The van der Waals surface area contributed by atoms with Gasteiger partial charge in [0.2, 0.25) is 0 Å². The Labute approximate surface area is 299 Å². The molecule has 0 unspecified atom stereocenters. The van der Waals surface area contributed by atoms with Gasteiger partial charge >= 0.3 is 12.1 Å². The maximum Gasteiger partial charge on any atom is 0.323 e. The third-order valence-corrected chi connectivity index (χ3v) is 9.17. The van der Waals surface area contributed by atoms with Gasteiger partial charge in [0.25, 0.3) is 5.91 Å². The summed E-state index contributed by atoms with van der Waals surface area (Å²) in [5, 5.41) is 20.9. The standard InChI is InChI=1S/C40H49N5O6/c1-27-24-45(28(2)26-46)38(47)34-23-32(41-39(48)43-35-19-12-15-30-14-8-9-18-33(30)35)20-21-36(34)51-29(3)13-10-11-22-50-37(27)25-44(4)40(49)42-31-16-6-5-7-17-31/h5-9,12,14-21,23,27-29,37,46H,10-11,13,22,24-26H2,1-4H3,(H,42,49)(H2,41,43,48)/t27-,28+,29-,37-/m1/s1. The summed E-state index contributed by atoms with van der Waals surface area (Å²) < 4.78 is 12.7. The first kappa shape index (κ1) is 37.1. The van der Waals surface area contributed by atoms with E-state index in [1.165, 1.54) is 0 Å². The number of hydrogen-bond donors (Lipinski definition) is 4. The van der Waals surface area contributed by atoms with Crippen LogP contribution in [0.25, 0.3) is 10.8 Å². The van der Waals surface area contributed by atoms with Gasteiger partial charge in [-0.1, -0.05) is 61.5 Å². The topological polar surface area (TPSA) is 132 Å². The number of aliphatic hydroxyl groups is 1. The zero-order valence-electron chi connectivity index (χ0n) is 29.8. The van der Waals surface area contributed by atoms with Crippen LogP contribution in [0.4, 0.5) is 26.7 Å². The number of para-hydroxylation sites is 1. The average Bonchev–Trinajstić information content (AvgIpc) is 3.13. The lowest BCUT2D eigenvalue weighted by atomic mass is 10.0. The second kappa shape index (κ2) is 17.7. The average molecular weight is 696 g/mol. The normalized spacial score (nSPS) is 19.2. The van der Waals surface area contributed by atoms with Gasteiger partial charge in [0.15, 0.2) is 0 Å². The number of anilines is 3. The number of urea groups is 2. The molecule has 0 saturated heterocycles. The predicted molar refractivity (Wildman–Crippen MR) is 202 cm³/mol. The summed E-state index contributed by atoms with van der Waals surface area (Å²) in [5.74, 6) is -0.166. The zero-order valence-corrected chi connectivity index (χ0v) is 29.8. The molecule has 5 amide bonds. The maximum atomic E-state index is 14.5. The van der Waals surface area contributed by atoms with E-state index in [1.54, 1.807) is 42.0 Å². The van der Waals surface area contributed by atoms with Gasteiger partial charge in [-0.25, -0.2) is 9.59 Å². The number of benzene rings is 4. The Morgan fingerprint density at radius 2 is 1.67 bits per heavy atom. The monoisotopic (exact) mass is 695 g/mol. The van der Waals surface area contributed by atoms with Crippen LogP contribution in [0.3, 0.4) is 0 Å². The molecule has 4 N–H and O–H groups in total. The number of carbonyl (C=O) groups excluding carboxylic acids is 3. The fraction of sp³-hybridized carbons (Fsp3) is 0.375. The summed E-state index contributed by atoms with van der Waals surface area (Å²) in [4.78, 5) is 44.0. The minimum atomic E-state index is -0.538. The van der Waals surface area contributed by atoms with E-state index in [9.17, 15) is 19.5 Å². The molecule has 51 heavy (non-hydrogen) atoms. The van der Waals surface area contributed by atoms with Crippen LogP contribution >= 0.6 is 0 Å². The van der Waals surface area contributed by atoms with Crippen LogP contribution in [0.5, 0.6) is 5.75 Å². The smallest absolute Gasteiger partial charge is 0.323 e. The van der Waals surface area contributed by atoms with Crippen LogP contribution in [0.1, 0.15) is 50.4 Å². The van der Waals surface area contributed by atoms with Crippen molar-refractivity contribution in [1.82, 2.24) is 9.80 Å². The van der Waals surface area contributed by atoms with E-state index in [1.807, 2.05) is 86.6 Å². The van der Waals surface area contributed by atoms with Gasteiger partial charge in [-0.3, -0.25) is 4.79 Å². The third kappa shape index (κ3) is 9.99. The first-order chi connectivity index (χ1) is 24.6. The first-order valence-corrected chi connectivity index (χ1v) is 17.6. The summed E-state index contributed by atoms with van der Waals surface area (Å²) >= 11 is 0. The summed E-state index contributed by atoms with van der Waals surface area (Å²) in [7, 11) is 1.72. The second-order valence-corrected chi connectivity index (χ2v) is 13.3. The van der Waals surface area contributed by atoms with Gasteiger partial charge in [-0.2, -0.15) is 0 Å². The molecule has 4 aromatic rings. The van der Waals surface area contributed by atoms with Crippen LogP contribution in [-0.2, 0) is 4.74 Å². The molecule has 0 saturated carbocycles. The molecule has 0 bridgehead atoms. The van der Waals surface area contributed by atoms with Crippen molar-refractivity contribution in [3.63, 3.8) is 0 Å². The fourth-order valence-electron chi connectivity index (χ4n) is 6.18. The molecule has 1 aliphatic rings. The van der Waals surface area contributed by atoms with Crippen molar-refractivity contribution < 1.29 is 29.0 Å². The van der Waals surface area contributed by atoms with Crippen LogP contribution in [0.2, 0.25) is 0 Å². The van der Waals surface area contributed by atoms with Gasteiger partial charge in [0.05, 0.1) is 36.1 Å². The van der Waals surface area contributed by atoms with Crippen LogP contribution in [-0.4, -0.2) is 84.5 Å². The summed E-state index contributed by atoms with van der Waals surface area (Å²) in [6, 6.07) is 26.5. The number of nitrogens with zero attached hydrogens (tertiary/aromatic N) is 2. The number of fused-ring (bicyclic) bond motifs is 2. The van der Waals surface area contributed by atoms with Gasteiger partial charge in [0.1, 0.15) is 5.75 Å². The van der Waals surface area contributed by atoms with Crippen molar-refractivity contribution in [2.45, 2.75) is 58.3 Å². The van der Waals surface area contributed by atoms with Crippen LogP contribution in [0.15, 0.2) is 91.0 Å². The molecule has 1 aliphatic heterocycles. The molecule has 270 valence electrons. The second-order valence-electron chi connectivity index (χ2n) is 13.3. The number of amides is 5. The van der Waals surface area contributed by atoms with Crippen LogP contribution < -0.4 is 20.7 Å². The highest BCUT2D eigenvalue weighted by atomic mass is 16.5. The van der Waals surface area contributed by atoms with E-state index in [2.05, 4.69) is 16.0 Å². The van der Waals surface area contributed by atoms with E-state index in [-0.39, 0.29) is 48.8 Å². The van der Waals surface area contributed by atoms with Crippen molar-refractivity contribution in [2.75, 3.05) is 49.3 Å². The zero-order chi connectivity index (χ0) is 36.3. The lowest BCUT2D eigenvalue weighted by Gasteiger charge is -2.35. The molecule has 0 spiro atoms. The van der Waals surface area contributed by atoms with E-state index >= 15 is 0 Å². The summed E-state index contributed by atoms with van der Waals surface area (Å²) in [5.41, 5.74) is 2.03. The Morgan fingerprint density at radius 1 is 0.922 bits per heavy atom. The first-order valence-electron chi connectivity index (χ1n) is 17.6. The van der Waals surface area contributed by atoms with Gasteiger partial charge < -0.3 is 40.3 Å².